The molecule has 0 saturated carbocycles. The highest BCUT2D eigenvalue weighted by Gasteiger charge is 2.16. The number of hydrogen-bond acceptors (Lipinski definition) is 1. The summed E-state index contributed by atoms with van der Waals surface area (Å²) < 4.78 is 0.936. The zero-order valence-electron chi connectivity index (χ0n) is 9.84. The topological polar surface area (TPSA) is 26.0 Å². The van der Waals surface area contributed by atoms with Crippen molar-refractivity contribution in [2.75, 3.05) is 0 Å². The lowest BCUT2D eigenvalue weighted by atomic mass is 9.99. The molecule has 19 heavy (non-hydrogen) atoms. The Kier molecular flexibility index (Phi) is 5.15. The van der Waals surface area contributed by atoms with E-state index < -0.39 is 0 Å². The molecule has 0 heterocycles. The second-order valence-corrected chi connectivity index (χ2v) is 6.32. The van der Waals surface area contributed by atoms with Crippen LogP contribution in [0.2, 0.25) is 15.1 Å². The fourth-order valence-electron chi connectivity index (χ4n) is 1.89. The van der Waals surface area contributed by atoms with Gasteiger partial charge < -0.3 is 5.73 Å². The van der Waals surface area contributed by atoms with Crippen molar-refractivity contribution >= 4 is 50.7 Å². The standard InChI is InChI=1S/C14H11BrCl3N/c15-9-5-4-8(12(18)7-9)6-13(19)14-10(16)2-1-3-11(14)17/h1-5,7,13H,6,19H2. The van der Waals surface area contributed by atoms with Crippen molar-refractivity contribution in [3.05, 3.63) is 67.1 Å². The molecule has 0 fully saturated rings. The average molecular weight is 380 g/mol. The Morgan fingerprint density at radius 2 is 1.63 bits per heavy atom. The molecular weight excluding hydrogens is 368 g/mol. The number of benzene rings is 2. The molecule has 0 aliphatic rings. The lowest BCUT2D eigenvalue weighted by molar-refractivity contribution is 0.722. The molecule has 2 aromatic rings. The van der Waals surface area contributed by atoms with Crippen LogP contribution in [-0.4, -0.2) is 0 Å². The second-order valence-electron chi connectivity index (χ2n) is 4.18. The largest absolute Gasteiger partial charge is 0.324 e. The van der Waals surface area contributed by atoms with Crippen LogP contribution in [0.5, 0.6) is 0 Å². The first kappa shape index (κ1) is 15.1. The van der Waals surface area contributed by atoms with Gasteiger partial charge in [-0.05, 0) is 36.2 Å². The Hall–Kier alpha value is -0.250. The van der Waals surface area contributed by atoms with Gasteiger partial charge in [0.1, 0.15) is 0 Å². The summed E-state index contributed by atoms with van der Waals surface area (Å²) in [5.74, 6) is 0. The van der Waals surface area contributed by atoms with Crippen LogP contribution < -0.4 is 5.73 Å². The predicted molar refractivity (Wildman–Crippen MR) is 86.2 cm³/mol. The Bertz CT molecular complexity index is 581. The van der Waals surface area contributed by atoms with E-state index in [2.05, 4.69) is 15.9 Å². The lowest BCUT2D eigenvalue weighted by Crippen LogP contribution is -2.14. The molecule has 1 unspecified atom stereocenters. The van der Waals surface area contributed by atoms with Gasteiger partial charge in [-0.15, -0.1) is 0 Å². The van der Waals surface area contributed by atoms with Crippen LogP contribution >= 0.6 is 50.7 Å². The first-order chi connectivity index (χ1) is 8.99. The minimum absolute atomic E-state index is 0.292. The highest BCUT2D eigenvalue weighted by atomic mass is 79.9. The Labute approximate surface area is 135 Å². The molecule has 5 heteroatoms. The molecule has 0 aliphatic carbocycles. The summed E-state index contributed by atoms with van der Waals surface area (Å²) in [6.45, 7) is 0. The van der Waals surface area contributed by atoms with Crippen molar-refractivity contribution < 1.29 is 0 Å². The lowest BCUT2D eigenvalue weighted by Gasteiger charge is -2.16. The Balaban J connectivity index is 2.28. The molecule has 0 spiro atoms. The van der Waals surface area contributed by atoms with Crippen molar-refractivity contribution in [2.24, 2.45) is 5.73 Å². The van der Waals surface area contributed by atoms with Gasteiger partial charge in [-0.2, -0.15) is 0 Å². The van der Waals surface area contributed by atoms with Gasteiger partial charge in [0.15, 0.2) is 0 Å². The van der Waals surface area contributed by atoms with Gasteiger partial charge in [0.05, 0.1) is 0 Å². The molecule has 0 amide bonds. The van der Waals surface area contributed by atoms with E-state index in [0.29, 0.717) is 21.5 Å². The van der Waals surface area contributed by atoms with Crippen LogP contribution in [-0.2, 0) is 6.42 Å². The highest BCUT2D eigenvalue weighted by Crippen LogP contribution is 2.32. The minimum atomic E-state index is -0.292. The number of rotatable bonds is 3. The smallest absolute Gasteiger partial charge is 0.0468 e. The van der Waals surface area contributed by atoms with Gasteiger partial charge in [0.25, 0.3) is 0 Å². The maximum atomic E-state index is 6.20. The molecule has 0 saturated heterocycles. The van der Waals surface area contributed by atoms with Gasteiger partial charge >= 0.3 is 0 Å². The van der Waals surface area contributed by atoms with E-state index in [-0.39, 0.29) is 6.04 Å². The first-order valence-corrected chi connectivity index (χ1v) is 7.55. The fraction of sp³-hybridized carbons (Fsp3) is 0.143. The van der Waals surface area contributed by atoms with E-state index in [1.54, 1.807) is 18.2 Å². The van der Waals surface area contributed by atoms with Crippen LogP contribution in [0.1, 0.15) is 17.2 Å². The highest BCUT2D eigenvalue weighted by molar-refractivity contribution is 9.10. The van der Waals surface area contributed by atoms with Crippen molar-refractivity contribution in [2.45, 2.75) is 12.5 Å². The van der Waals surface area contributed by atoms with E-state index in [4.69, 9.17) is 40.5 Å². The van der Waals surface area contributed by atoms with Crippen molar-refractivity contribution in [3.8, 4) is 0 Å². The van der Waals surface area contributed by atoms with E-state index in [1.165, 1.54) is 0 Å². The molecule has 0 aliphatic heterocycles. The molecule has 0 aromatic heterocycles. The fourth-order valence-corrected chi connectivity index (χ4v) is 3.32. The molecule has 1 atom stereocenters. The second kappa shape index (κ2) is 6.47. The van der Waals surface area contributed by atoms with Gasteiger partial charge in [-0.25, -0.2) is 0 Å². The van der Waals surface area contributed by atoms with Gasteiger partial charge in [0, 0.05) is 31.1 Å². The summed E-state index contributed by atoms with van der Waals surface area (Å²) >= 11 is 21.9. The molecular formula is C14H11BrCl3N. The summed E-state index contributed by atoms with van der Waals surface area (Å²) in [6.07, 6.45) is 0.579. The van der Waals surface area contributed by atoms with Gasteiger partial charge in [-0.1, -0.05) is 62.9 Å². The molecule has 2 rings (SSSR count). The maximum Gasteiger partial charge on any atom is 0.0468 e. The normalized spacial score (nSPS) is 12.5. The van der Waals surface area contributed by atoms with Gasteiger partial charge in [-0.3, -0.25) is 0 Å². The molecule has 0 radical (unpaired) electrons. The van der Waals surface area contributed by atoms with Crippen LogP contribution in [0.4, 0.5) is 0 Å². The Morgan fingerprint density at radius 1 is 1.00 bits per heavy atom. The Morgan fingerprint density at radius 3 is 2.21 bits per heavy atom. The van der Waals surface area contributed by atoms with Crippen LogP contribution in [0.15, 0.2) is 40.9 Å². The van der Waals surface area contributed by atoms with Gasteiger partial charge in [0.2, 0.25) is 0 Å². The van der Waals surface area contributed by atoms with E-state index in [1.807, 2.05) is 18.2 Å². The zero-order valence-corrected chi connectivity index (χ0v) is 13.7. The van der Waals surface area contributed by atoms with Crippen LogP contribution in [0, 0.1) is 0 Å². The number of hydrogen-bond donors (Lipinski definition) is 1. The van der Waals surface area contributed by atoms with E-state index in [0.717, 1.165) is 15.6 Å². The summed E-state index contributed by atoms with van der Waals surface area (Å²) in [6, 6.07) is 10.8. The quantitative estimate of drug-likeness (QED) is 0.732. The van der Waals surface area contributed by atoms with Crippen molar-refractivity contribution in [1.82, 2.24) is 0 Å². The monoisotopic (exact) mass is 377 g/mol. The summed E-state index contributed by atoms with van der Waals surface area (Å²) in [5.41, 5.74) is 7.92. The molecule has 2 aromatic carbocycles. The number of nitrogens with two attached hydrogens (primary N) is 1. The number of halogens is 4. The minimum Gasteiger partial charge on any atom is -0.324 e. The zero-order chi connectivity index (χ0) is 14.0. The first-order valence-electron chi connectivity index (χ1n) is 5.62. The average Bonchev–Trinajstić information content (AvgIpc) is 2.32. The van der Waals surface area contributed by atoms with Crippen LogP contribution in [0.25, 0.3) is 0 Å². The third-order valence-corrected chi connectivity index (χ3v) is 4.33. The molecule has 2 N–H and O–H groups in total. The van der Waals surface area contributed by atoms with Crippen molar-refractivity contribution in [3.63, 3.8) is 0 Å². The molecule has 1 nitrogen and oxygen atoms in total. The van der Waals surface area contributed by atoms with E-state index >= 15 is 0 Å². The SMILES string of the molecule is NC(Cc1ccc(Br)cc1Cl)c1c(Cl)cccc1Cl. The third-order valence-electron chi connectivity index (χ3n) is 2.83. The predicted octanol–water partition coefficient (Wildman–Crippen LogP) is 5.65. The van der Waals surface area contributed by atoms with Crippen LogP contribution in [0.3, 0.4) is 0 Å². The summed E-state index contributed by atoms with van der Waals surface area (Å²) in [4.78, 5) is 0. The van der Waals surface area contributed by atoms with Crippen molar-refractivity contribution in [1.29, 1.82) is 0 Å². The third kappa shape index (κ3) is 3.65. The summed E-state index contributed by atoms with van der Waals surface area (Å²) in [5, 5.41) is 1.83. The maximum absolute atomic E-state index is 6.20. The molecule has 100 valence electrons. The molecule has 0 bridgehead atoms. The summed E-state index contributed by atoms with van der Waals surface area (Å²) in [7, 11) is 0. The van der Waals surface area contributed by atoms with E-state index in [9.17, 15) is 0 Å².